The first-order chi connectivity index (χ1) is 8.06. The summed E-state index contributed by atoms with van der Waals surface area (Å²) in [5.41, 5.74) is 1.43. The molecule has 0 radical (unpaired) electrons. The highest BCUT2D eigenvalue weighted by Crippen LogP contribution is 2.17. The van der Waals surface area contributed by atoms with Gasteiger partial charge in [-0.25, -0.2) is 0 Å². The third kappa shape index (κ3) is 2.76. The highest BCUT2D eigenvalue weighted by Gasteiger charge is 2.12. The molecule has 0 saturated heterocycles. The van der Waals surface area contributed by atoms with Gasteiger partial charge in [0.15, 0.2) is 10.5 Å². The lowest BCUT2D eigenvalue weighted by Gasteiger charge is -1.98. The quantitative estimate of drug-likeness (QED) is 0.914. The Labute approximate surface area is 107 Å². The molecule has 2 aromatic heterocycles. The summed E-state index contributed by atoms with van der Waals surface area (Å²) < 4.78 is 5.52. The molecule has 0 atom stereocenters. The van der Waals surface area contributed by atoms with E-state index >= 15 is 0 Å². The van der Waals surface area contributed by atoms with Gasteiger partial charge in [-0.15, -0.1) is 0 Å². The fourth-order valence-electron chi connectivity index (χ4n) is 1.31. The van der Waals surface area contributed by atoms with E-state index in [1.807, 2.05) is 19.9 Å². The lowest BCUT2D eigenvalue weighted by Crippen LogP contribution is -2.10. The molecule has 0 aliphatic rings. The fraction of sp³-hybridized carbons (Fsp3) is 0.273. The summed E-state index contributed by atoms with van der Waals surface area (Å²) in [6.07, 6.45) is 1.38. The summed E-state index contributed by atoms with van der Waals surface area (Å²) in [5.74, 6) is 0.605. The van der Waals surface area contributed by atoms with Crippen LogP contribution in [0.5, 0.6) is 0 Å². The van der Waals surface area contributed by atoms with E-state index in [4.69, 9.17) is 4.42 Å². The van der Waals surface area contributed by atoms with Gasteiger partial charge in [0.1, 0.15) is 6.26 Å². The van der Waals surface area contributed by atoms with Crippen LogP contribution in [0, 0.1) is 0 Å². The number of carbonyl (C=O) groups is 1. The van der Waals surface area contributed by atoms with Crippen molar-refractivity contribution in [2.75, 3.05) is 5.32 Å². The highest BCUT2D eigenvalue weighted by atomic mass is 79.9. The zero-order valence-corrected chi connectivity index (χ0v) is 11.0. The van der Waals surface area contributed by atoms with Gasteiger partial charge >= 0.3 is 0 Å². The van der Waals surface area contributed by atoms with Crippen LogP contribution in [0.2, 0.25) is 0 Å². The lowest BCUT2D eigenvalue weighted by molar-refractivity contribution is 0.102. The topological polar surface area (TPSA) is 70.9 Å². The molecular weight excluding hydrogens is 286 g/mol. The summed E-state index contributed by atoms with van der Waals surface area (Å²) in [4.78, 5) is 11.8. The maximum absolute atomic E-state index is 11.8. The number of halogens is 1. The van der Waals surface area contributed by atoms with Crippen LogP contribution in [0.1, 0.15) is 35.8 Å². The first kappa shape index (κ1) is 11.9. The average Bonchev–Trinajstić information content (AvgIpc) is 2.86. The SMILES string of the molecule is CC(C)c1cc(NC(=O)c2coc(Br)c2)n[nH]1. The van der Waals surface area contributed by atoms with Crippen molar-refractivity contribution in [2.24, 2.45) is 0 Å². The third-order valence-electron chi connectivity index (χ3n) is 2.29. The summed E-state index contributed by atoms with van der Waals surface area (Å²) in [7, 11) is 0. The maximum Gasteiger partial charge on any atom is 0.260 e. The Morgan fingerprint density at radius 2 is 2.29 bits per heavy atom. The van der Waals surface area contributed by atoms with Crippen molar-refractivity contribution in [2.45, 2.75) is 19.8 Å². The molecule has 2 heterocycles. The number of aromatic amines is 1. The number of nitrogens with one attached hydrogen (secondary N) is 2. The van der Waals surface area contributed by atoms with E-state index < -0.39 is 0 Å². The molecule has 5 nitrogen and oxygen atoms in total. The second-order valence-corrected chi connectivity index (χ2v) is 4.74. The Kier molecular flexibility index (Phi) is 3.33. The molecule has 0 bridgehead atoms. The largest absolute Gasteiger partial charge is 0.457 e. The minimum atomic E-state index is -0.249. The van der Waals surface area contributed by atoms with Gasteiger partial charge in [-0.1, -0.05) is 13.8 Å². The molecule has 0 unspecified atom stereocenters. The Morgan fingerprint density at radius 1 is 1.53 bits per heavy atom. The molecule has 0 spiro atoms. The molecule has 0 saturated carbocycles. The third-order valence-corrected chi connectivity index (χ3v) is 2.71. The van der Waals surface area contributed by atoms with Gasteiger partial charge in [-0.2, -0.15) is 5.10 Å². The molecule has 90 valence electrons. The number of furan rings is 1. The number of carbonyl (C=O) groups excluding carboxylic acids is 1. The second kappa shape index (κ2) is 4.75. The van der Waals surface area contributed by atoms with Gasteiger partial charge in [-0.05, 0) is 21.8 Å². The fourth-order valence-corrected chi connectivity index (χ4v) is 1.65. The van der Waals surface area contributed by atoms with E-state index in [1.54, 1.807) is 6.07 Å². The van der Waals surface area contributed by atoms with Crippen molar-refractivity contribution in [1.82, 2.24) is 10.2 Å². The monoisotopic (exact) mass is 297 g/mol. The van der Waals surface area contributed by atoms with E-state index in [9.17, 15) is 4.79 Å². The molecule has 2 rings (SSSR count). The molecule has 2 aromatic rings. The van der Waals surface area contributed by atoms with Crippen LogP contribution >= 0.6 is 15.9 Å². The van der Waals surface area contributed by atoms with E-state index in [0.29, 0.717) is 22.0 Å². The number of anilines is 1. The predicted molar refractivity (Wildman–Crippen MR) is 67.0 cm³/mol. The number of hydrogen-bond donors (Lipinski definition) is 2. The Balaban J connectivity index is 2.07. The van der Waals surface area contributed by atoms with Crippen LogP contribution in [0.15, 0.2) is 27.5 Å². The van der Waals surface area contributed by atoms with Crippen LogP contribution in [-0.4, -0.2) is 16.1 Å². The predicted octanol–water partition coefficient (Wildman–Crippen LogP) is 3.14. The van der Waals surface area contributed by atoms with Crippen LogP contribution in [-0.2, 0) is 0 Å². The summed E-state index contributed by atoms with van der Waals surface area (Å²) in [6, 6.07) is 3.42. The first-order valence-corrected chi connectivity index (χ1v) is 5.96. The normalized spacial score (nSPS) is 10.8. The van der Waals surface area contributed by atoms with Gasteiger partial charge in [0, 0.05) is 17.8 Å². The zero-order chi connectivity index (χ0) is 12.4. The molecule has 6 heteroatoms. The van der Waals surface area contributed by atoms with Crippen LogP contribution in [0.4, 0.5) is 5.82 Å². The zero-order valence-electron chi connectivity index (χ0n) is 9.45. The van der Waals surface area contributed by atoms with Crippen molar-refractivity contribution in [3.8, 4) is 0 Å². The molecule has 17 heavy (non-hydrogen) atoms. The number of aromatic nitrogens is 2. The van der Waals surface area contributed by atoms with Crippen LogP contribution < -0.4 is 5.32 Å². The molecule has 2 N–H and O–H groups in total. The minimum absolute atomic E-state index is 0.249. The van der Waals surface area contributed by atoms with E-state index in [0.717, 1.165) is 5.69 Å². The van der Waals surface area contributed by atoms with Crippen LogP contribution in [0.3, 0.4) is 0 Å². The molecule has 0 aliphatic heterocycles. The van der Waals surface area contributed by atoms with Crippen molar-refractivity contribution in [3.63, 3.8) is 0 Å². The average molecular weight is 298 g/mol. The van der Waals surface area contributed by atoms with E-state index in [2.05, 4.69) is 31.4 Å². The maximum atomic E-state index is 11.8. The summed E-state index contributed by atoms with van der Waals surface area (Å²) in [5, 5.41) is 9.56. The van der Waals surface area contributed by atoms with Crippen molar-refractivity contribution in [1.29, 1.82) is 0 Å². The second-order valence-electron chi connectivity index (χ2n) is 3.96. The van der Waals surface area contributed by atoms with Crippen molar-refractivity contribution >= 4 is 27.7 Å². The molecule has 0 fully saturated rings. The first-order valence-electron chi connectivity index (χ1n) is 5.17. The van der Waals surface area contributed by atoms with Crippen molar-refractivity contribution < 1.29 is 9.21 Å². The van der Waals surface area contributed by atoms with Gasteiger partial charge in [-0.3, -0.25) is 9.89 Å². The number of rotatable bonds is 3. The molecule has 0 aromatic carbocycles. The number of nitrogens with zero attached hydrogens (tertiary/aromatic N) is 1. The molecule has 1 amide bonds. The summed E-state index contributed by atoms with van der Waals surface area (Å²) in [6.45, 7) is 4.10. The van der Waals surface area contributed by atoms with E-state index in [1.165, 1.54) is 6.26 Å². The summed E-state index contributed by atoms with van der Waals surface area (Å²) >= 11 is 3.14. The number of amides is 1. The Bertz CT molecular complexity index is 530. The van der Waals surface area contributed by atoms with Gasteiger partial charge < -0.3 is 9.73 Å². The van der Waals surface area contributed by atoms with Crippen LogP contribution in [0.25, 0.3) is 0 Å². The van der Waals surface area contributed by atoms with Gasteiger partial charge in [0.25, 0.3) is 5.91 Å². The van der Waals surface area contributed by atoms with E-state index in [-0.39, 0.29) is 5.91 Å². The van der Waals surface area contributed by atoms with Crippen molar-refractivity contribution in [3.05, 3.63) is 34.3 Å². The Hall–Kier alpha value is -1.56. The highest BCUT2D eigenvalue weighted by molar-refractivity contribution is 9.10. The van der Waals surface area contributed by atoms with Gasteiger partial charge in [0.2, 0.25) is 0 Å². The number of hydrogen-bond acceptors (Lipinski definition) is 3. The number of H-pyrrole nitrogens is 1. The molecule has 0 aliphatic carbocycles. The lowest BCUT2D eigenvalue weighted by atomic mass is 10.1. The standard InChI is InChI=1S/C11H12BrN3O2/c1-6(2)8-4-10(15-14-8)13-11(16)7-3-9(12)17-5-7/h3-6H,1-2H3,(H2,13,14,15,16). The Morgan fingerprint density at radius 3 is 2.82 bits per heavy atom. The van der Waals surface area contributed by atoms with Gasteiger partial charge in [0.05, 0.1) is 5.56 Å². The molecular formula is C11H12BrN3O2. The smallest absolute Gasteiger partial charge is 0.260 e. The minimum Gasteiger partial charge on any atom is -0.457 e.